The molecule has 4 rings (SSSR count). The molecular weight excluding hydrogens is 409 g/mol. The Morgan fingerprint density at radius 3 is 2.81 bits per heavy atom. The van der Waals surface area contributed by atoms with Crippen molar-refractivity contribution in [2.24, 2.45) is 4.99 Å². The molecule has 0 bridgehead atoms. The van der Waals surface area contributed by atoms with Crippen LogP contribution in [0.15, 0.2) is 41.5 Å². The van der Waals surface area contributed by atoms with E-state index < -0.39 is 23.7 Å². The monoisotopic (exact) mass is 432 g/mol. The Kier molecular flexibility index (Phi) is 5.70. The highest BCUT2D eigenvalue weighted by atomic mass is 19.4. The van der Waals surface area contributed by atoms with Gasteiger partial charge in [0.15, 0.2) is 0 Å². The number of likely N-dealkylation sites (tertiary alicyclic amines) is 1. The number of halogens is 3. The van der Waals surface area contributed by atoms with Crippen LogP contribution in [0.3, 0.4) is 0 Å². The molecule has 1 saturated heterocycles. The third kappa shape index (κ3) is 4.41. The average molecular weight is 432 g/mol. The number of nitrogens with one attached hydrogen (secondary N) is 1. The van der Waals surface area contributed by atoms with E-state index in [-0.39, 0.29) is 17.9 Å². The van der Waals surface area contributed by atoms with Crippen LogP contribution in [0.5, 0.6) is 0 Å². The van der Waals surface area contributed by atoms with E-state index >= 15 is 0 Å². The molecule has 0 spiro atoms. The predicted molar refractivity (Wildman–Crippen MR) is 109 cm³/mol. The lowest BCUT2D eigenvalue weighted by Gasteiger charge is -2.23. The van der Waals surface area contributed by atoms with Crippen LogP contribution in [-0.4, -0.2) is 55.0 Å². The van der Waals surface area contributed by atoms with Gasteiger partial charge in [-0.2, -0.15) is 13.2 Å². The van der Waals surface area contributed by atoms with Crippen molar-refractivity contribution in [1.82, 2.24) is 15.2 Å². The molecule has 0 radical (unpaired) electrons. The zero-order valence-electron chi connectivity index (χ0n) is 17.2. The van der Waals surface area contributed by atoms with Crippen LogP contribution in [0.4, 0.5) is 13.2 Å². The highest BCUT2D eigenvalue weighted by molar-refractivity contribution is 5.97. The van der Waals surface area contributed by atoms with Crippen molar-refractivity contribution in [3.8, 4) is 0 Å². The molecule has 0 saturated carbocycles. The Balaban J connectivity index is 1.48. The third-order valence-corrected chi connectivity index (χ3v) is 5.72. The topological polar surface area (TPSA) is 66.8 Å². The number of aromatic nitrogens is 1. The van der Waals surface area contributed by atoms with E-state index in [0.717, 1.165) is 17.2 Å². The third-order valence-electron chi connectivity index (χ3n) is 5.72. The first-order valence-corrected chi connectivity index (χ1v) is 9.97. The van der Waals surface area contributed by atoms with Crippen LogP contribution in [0.1, 0.15) is 33.9 Å². The summed E-state index contributed by atoms with van der Waals surface area (Å²) >= 11 is 0. The number of pyridine rings is 1. The number of carbonyl (C=O) groups excluding carboxylic acids is 1. The van der Waals surface area contributed by atoms with Crippen molar-refractivity contribution >= 4 is 11.8 Å². The number of rotatable bonds is 4. The largest absolute Gasteiger partial charge is 0.481 e. The average Bonchev–Trinajstić information content (AvgIpc) is 3.29. The van der Waals surface area contributed by atoms with Gasteiger partial charge in [0.05, 0.1) is 36.9 Å². The Morgan fingerprint density at radius 2 is 2.06 bits per heavy atom. The molecule has 2 aromatic rings. The van der Waals surface area contributed by atoms with Gasteiger partial charge in [-0.25, -0.2) is 4.99 Å². The lowest BCUT2D eigenvalue weighted by Crippen LogP contribution is -2.40. The summed E-state index contributed by atoms with van der Waals surface area (Å²) in [6, 6.07) is 6.99. The molecule has 2 aliphatic heterocycles. The minimum absolute atomic E-state index is 0.0451. The van der Waals surface area contributed by atoms with Gasteiger partial charge in [-0.3, -0.25) is 9.78 Å². The molecule has 9 heteroatoms. The number of carbonyl (C=O) groups is 1. The van der Waals surface area contributed by atoms with E-state index in [1.807, 2.05) is 18.0 Å². The molecule has 2 atom stereocenters. The molecule has 0 aliphatic carbocycles. The summed E-state index contributed by atoms with van der Waals surface area (Å²) < 4.78 is 45.7. The molecule has 0 unspecified atom stereocenters. The van der Waals surface area contributed by atoms with Gasteiger partial charge in [-0.1, -0.05) is 18.2 Å². The van der Waals surface area contributed by atoms with Gasteiger partial charge < -0.3 is 15.0 Å². The number of nitrogens with zero attached hydrogens (tertiary/aromatic N) is 3. The molecule has 1 fully saturated rings. The zero-order chi connectivity index (χ0) is 22.2. The minimum atomic E-state index is -4.44. The molecule has 1 aromatic carbocycles. The van der Waals surface area contributed by atoms with Gasteiger partial charge in [0, 0.05) is 31.2 Å². The summed E-state index contributed by atoms with van der Waals surface area (Å²) in [6.07, 6.45) is -2.76. The Hall–Kier alpha value is -2.94. The van der Waals surface area contributed by atoms with Crippen LogP contribution in [0.25, 0.3) is 0 Å². The van der Waals surface area contributed by atoms with E-state index in [4.69, 9.17) is 4.74 Å². The van der Waals surface area contributed by atoms with Crippen molar-refractivity contribution in [1.29, 1.82) is 0 Å². The van der Waals surface area contributed by atoms with E-state index in [9.17, 15) is 18.0 Å². The number of methoxy groups -OCH3 is 1. The van der Waals surface area contributed by atoms with Gasteiger partial charge in [0.2, 0.25) is 11.8 Å². The van der Waals surface area contributed by atoms with Crippen molar-refractivity contribution in [3.63, 3.8) is 0 Å². The van der Waals surface area contributed by atoms with Gasteiger partial charge in [-0.15, -0.1) is 0 Å². The van der Waals surface area contributed by atoms with Gasteiger partial charge >= 0.3 is 6.18 Å². The quantitative estimate of drug-likeness (QED) is 0.807. The second-order valence-electron chi connectivity index (χ2n) is 7.92. The van der Waals surface area contributed by atoms with E-state index in [0.29, 0.717) is 31.2 Å². The number of ether oxygens (including phenoxy) is 1. The minimum Gasteiger partial charge on any atom is -0.481 e. The maximum absolute atomic E-state index is 13.5. The van der Waals surface area contributed by atoms with Crippen LogP contribution >= 0.6 is 0 Å². The summed E-state index contributed by atoms with van der Waals surface area (Å²) in [5.41, 5.74) is 1.90. The standard InChI is InChI=1S/C22H23F3N4O2/c1-29-11-17(15-5-3-4-6-18(15)22(23,24)25)19(12-29)28-20(30)8-14-7-13-9-27-21(31-2)16(13)10-26-14/h3-7,10,17,19H,8-9,11-12H2,1-2H3,(H,28,30)/t17-,19+/m1/s1. The van der Waals surface area contributed by atoms with Gasteiger partial charge in [0.1, 0.15) is 0 Å². The molecule has 2 aliphatic rings. The first-order valence-electron chi connectivity index (χ1n) is 9.97. The highest BCUT2D eigenvalue weighted by Crippen LogP contribution is 2.38. The van der Waals surface area contributed by atoms with Crippen LogP contribution in [0.2, 0.25) is 0 Å². The Bertz CT molecular complexity index is 1020. The Morgan fingerprint density at radius 1 is 1.29 bits per heavy atom. The second-order valence-corrected chi connectivity index (χ2v) is 7.92. The lowest BCUT2D eigenvalue weighted by atomic mass is 9.90. The second kappa shape index (κ2) is 8.30. The first kappa shape index (κ1) is 21.3. The fourth-order valence-corrected chi connectivity index (χ4v) is 4.35. The zero-order valence-corrected chi connectivity index (χ0v) is 17.2. The molecule has 1 amide bonds. The maximum Gasteiger partial charge on any atom is 0.416 e. The number of alkyl halides is 3. The molecule has 31 heavy (non-hydrogen) atoms. The molecule has 164 valence electrons. The number of likely N-dealkylation sites (N-methyl/N-ethyl adjacent to an activating group) is 1. The fraction of sp³-hybridized carbons (Fsp3) is 0.409. The SMILES string of the molecule is COC1=NCc2cc(CC(=O)N[C@H]3CN(C)C[C@@H]3c3ccccc3C(F)(F)F)ncc21. The summed E-state index contributed by atoms with van der Waals surface area (Å²) in [5.74, 6) is -0.191. The van der Waals surface area contributed by atoms with Crippen molar-refractivity contribution < 1.29 is 22.7 Å². The fourth-order valence-electron chi connectivity index (χ4n) is 4.35. The summed E-state index contributed by atoms with van der Waals surface area (Å²) in [7, 11) is 3.38. The van der Waals surface area contributed by atoms with Crippen molar-refractivity contribution in [2.75, 3.05) is 27.2 Å². The molecular formula is C22H23F3N4O2. The molecule has 1 aromatic heterocycles. The number of hydrogen-bond acceptors (Lipinski definition) is 5. The van der Waals surface area contributed by atoms with E-state index in [1.165, 1.54) is 12.1 Å². The summed E-state index contributed by atoms with van der Waals surface area (Å²) in [4.78, 5) is 23.2. The number of hydrogen-bond donors (Lipinski definition) is 1. The molecule has 1 N–H and O–H groups in total. The number of benzene rings is 1. The first-order chi connectivity index (χ1) is 14.8. The molecule has 6 nitrogen and oxygen atoms in total. The number of amides is 1. The van der Waals surface area contributed by atoms with Crippen LogP contribution in [0, 0.1) is 0 Å². The van der Waals surface area contributed by atoms with Gasteiger partial charge in [0.25, 0.3) is 0 Å². The summed E-state index contributed by atoms with van der Waals surface area (Å²) in [6.45, 7) is 1.39. The normalized spacial score (nSPS) is 21.0. The predicted octanol–water partition coefficient (Wildman–Crippen LogP) is 2.76. The number of aliphatic imine (C=N–C) groups is 1. The smallest absolute Gasteiger partial charge is 0.416 e. The van der Waals surface area contributed by atoms with Gasteiger partial charge in [-0.05, 0) is 30.3 Å². The van der Waals surface area contributed by atoms with Crippen molar-refractivity contribution in [3.05, 3.63) is 64.5 Å². The van der Waals surface area contributed by atoms with Crippen LogP contribution in [-0.2, 0) is 28.7 Å². The van der Waals surface area contributed by atoms with E-state index in [1.54, 1.807) is 19.4 Å². The molecule has 3 heterocycles. The highest BCUT2D eigenvalue weighted by Gasteiger charge is 2.40. The number of fused-ring (bicyclic) bond motifs is 1. The van der Waals surface area contributed by atoms with Crippen LogP contribution < -0.4 is 5.32 Å². The van der Waals surface area contributed by atoms with E-state index in [2.05, 4.69) is 15.3 Å². The summed E-state index contributed by atoms with van der Waals surface area (Å²) in [5, 5.41) is 2.93. The Labute approximate surface area is 178 Å². The van der Waals surface area contributed by atoms with Crippen molar-refractivity contribution in [2.45, 2.75) is 31.1 Å². The lowest BCUT2D eigenvalue weighted by molar-refractivity contribution is -0.138. The maximum atomic E-state index is 13.5.